The first-order valence-electron chi connectivity index (χ1n) is 4.47. The molecule has 0 heterocycles. The molecule has 1 aromatic rings. The molecule has 0 aliphatic rings. The maximum atomic E-state index is 7.56. The van der Waals surface area contributed by atoms with E-state index >= 15 is 0 Å². The van der Waals surface area contributed by atoms with Crippen LogP contribution in [0, 0.1) is 0 Å². The van der Waals surface area contributed by atoms with Gasteiger partial charge in [0.1, 0.15) is 0 Å². The highest BCUT2D eigenvalue weighted by Gasteiger charge is 1.92. The van der Waals surface area contributed by atoms with Crippen LogP contribution in [0.5, 0.6) is 0 Å². The molecule has 1 aromatic carbocycles. The Bertz CT molecular complexity index is 327. The molecule has 0 saturated heterocycles. The lowest BCUT2D eigenvalue weighted by molar-refractivity contribution is 0.313. The van der Waals surface area contributed by atoms with Crippen molar-refractivity contribution in [1.29, 1.82) is 0 Å². The van der Waals surface area contributed by atoms with Gasteiger partial charge in [0, 0.05) is 6.42 Å². The van der Waals surface area contributed by atoms with E-state index in [1.54, 1.807) is 0 Å². The minimum atomic E-state index is -0.500. The Morgan fingerprint density at radius 3 is 2.12 bits per heavy atom. The van der Waals surface area contributed by atoms with Gasteiger partial charge < -0.3 is 21.3 Å². The molecule has 4 nitrogen and oxygen atoms in total. The summed E-state index contributed by atoms with van der Waals surface area (Å²) in [5.41, 5.74) is 10.8. The monoisotopic (exact) mass is 258 g/mol. The Labute approximate surface area is 105 Å². The third kappa shape index (κ3) is 10.7. The number of hydrogen-bond donors (Lipinski definition) is 3. The van der Waals surface area contributed by atoms with Crippen LogP contribution >= 0.6 is 24.4 Å². The van der Waals surface area contributed by atoms with Crippen LogP contribution in [0.25, 0.3) is 0 Å². The highest BCUT2D eigenvalue weighted by Crippen LogP contribution is 1.99. The maximum absolute atomic E-state index is 7.56. The van der Waals surface area contributed by atoms with Crippen molar-refractivity contribution in [1.82, 2.24) is 0 Å². The molecule has 0 unspecified atom stereocenters. The van der Waals surface area contributed by atoms with E-state index in [1.807, 2.05) is 30.3 Å². The Morgan fingerprint density at radius 2 is 1.69 bits per heavy atom. The van der Waals surface area contributed by atoms with Gasteiger partial charge in [0.15, 0.2) is 0 Å². The molecular weight excluding hydrogens is 244 g/mol. The second-order valence-corrected chi connectivity index (χ2v) is 3.56. The fraction of sp³-hybridized carbons (Fsp3) is 0.200. The Hall–Kier alpha value is -1.40. The number of thiocarbonyl (C=S) groups is 2. The van der Waals surface area contributed by atoms with Crippen molar-refractivity contribution in [2.45, 2.75) is 6.42 Å². The number of aliphatic hydroxyl groups excluding tert-OH is 1. The summed E-state index contributed by atoms with van der Waals surface area (Å²) in [5.74, 6) is 0. The quantitative estimate of drug-likeness (QED) is 0.709. The second-order valence-electron chi connectivity index (χ2n) is 2.74. The van der Waals surface area contributed by atoms with Crippen molar-refractivity contribution in [2.24, 2.45) is 11.5 Å². The van der Waals surface area contributed by atoms with Gasteiger partial charge in [-0.2, -0.15) is 0 Å². The summed E-state index contributed by atoms with van der Waals surface area (Å²) in [6.45, 7) is 0.555. The van der Waals surface area contributed by atoms with Gasteiger partial charge in [-0.25, -0.2) is 0 Å². The van der Waals surface area contributed by atoms with Crippen molar-refractivity contribution < 1.29 is 9.84 Å². The smallest absolute Gasteiger partial charge is 0.253 e. The van der Waals surface area contributed by atoms with Gasteiger partial charge in [0.2, 0.25) is 0 Å². The molecule has 0 fully saturated rings. The molecule has 88 valence electrons. The van der Waals surface area contributed by atoms with Gasteiger partial charge in [-0.1, -0.05) is 30.3 Å². The van der Waals surface area contributed by atoms with E-state index in [4.69, 9.17) is 15.6 Å². The average molecular weight is 258 g/mol. The van der Waals surface area contributed by atoms with Gasteiger partial charge in [-0.15, -0.1) is 0 Å². The molecule has 0 spiro atoms. The molecule has 0 radical (unpaired) electrons. The predicted octanol–water partition coefficient (Wildman–Crippen LogP) is 1.28. The molecule has 0 bridgehead atoms. The van der Waals surface area contributed by atoms with Crippen LogP contribution in [0.4, 0.5) is 0 Å². The van der Waals surface area contributed by atoms with Gasteiger partial charge in [0.25, 0.3) is 10.3 Å². The Morgan fingerprint density at radius 1 is 1.19 bits per heavy atom. The minimum absolute atomic E-state index is 0.117. The molecule has 0 amide bonds. The van der Waals surface area contributed by atoms with Crippen molar-refractivity contribution in [3.05, 3.63) is 35.9 Å². The van der Waals surface area contributed by atoms with Crippen LogP contribution in [-0.4, -0.2) is 22.1 Å². The molecule has 0 atom stereocenters. The maximum Gasteiger partial charge on any atom is 0.253 e. The predicted molar refractivity (Wildman–Crippen MR) is 72.3 cm³/mol. The first-order valence-corrected chi connectivity index (χ1v) is 5.28. The topological polar surface area (TPSA) is 81.5 Å². The molecule has 1 rings (SSSR count). The minimum Gasteiger partial charge on any atom is -0.487 e. The van der Waals surface area contributed by atoms with Crippen molar-refractivity contribution >= 4 is 34.8 Å². The van der Waals surface area contributed by atoms with E-state index in [0.29, 0.717) is 6.61 Å². The summed E-state index contributed by atoms with van der Waals surface area (Å²) in [7, 11) is 0. The van der Waals surface area contributed by atoms with Gasteiger partial charge >= 0.3 is 0 Å². The SMILES string of the molecule is NC(=S)OCCc1ccccc1.NC(O)=S. The van der Waals surface area contributed by atoms with Crippen LogP contribution in [-0.2, 0) is 11.2 Å². The molecule has 5 N–H and O–H groups in total. The summed E-state index contributed by atoms with van der Waals surface area (Å²) < 4.78 is 4.96. The number of rotatable bonds is 3. The number of benzene rings is 1. The summed E-state index contributed by atoms with van der Waals surface area (Å²) in [6, 6.07) is 10.1. The first kappa shape index (κ1) is 14.6. The van der Waals surface area contributed by atoms with E-state index < -0.39 is 5.17 Å². The summed E-state index contributed by atoms with van der Waals surface area (Å²) >= 11 is 8.44. The Balaban J connectivity index is 0.000000487. The summed E-state index contributed by atoms with van der Waals surface area (Å²) in [4.78, 5) is 0. The highest BCUT2D eigenvalue weighted by molar-refractivity contribution is 7.80. The summed E-state index contributed by atoms with van der Waals surface area (Å²) in [5, 5.41) is 7.18. The molecule has 6 heteroatoms. The van der Waals surface area contributed by atoms with E-state index in [2.05, 4.69) is 30.2 Å². The van der Waals surface area contributed by atoms with E-state index in [9.17, 15) is 0 Å². The van der Waals surface area contributed by atoms with Gasteiger partial charge in [-0.3, -0.25) is 0 Å². The fourth-order valence-corrected chi connectivity index (χ4v) is 0.997. The van der Waals surface area contributed by atoms with E-state index in [1.165, 1.54) is 5.56 Å². The van der Waals surface area contributed by atoms with Crippen LogP contribution in [0.1, 0.15) is 5.56 Å². The summed E-state index contributed by atoms with van der Waals surface area (Å²) in [6.07, 6.45) is 0.845. The molecule has 16 heavy (non-hydrogen) atoms. The third-order valence-electron chi connectivity index (χ3n) is 1.48. The van der Waals surface area contributed by atoms with Crippen molar-refractivity contribution in [3.63, 3.8) is 0 Å². The average Bonchev–Trinajstić information content (AvgIpc) is 2.18. The van der Waals surface area contributed by atoms with Crippen molar-refractivity contribution in [2.75, 3.05) is 6.61 Å². The zero-order chi connectivity index (χ0) is 12.4. The van der Waals surface area contributed by atoms with Crippen molar-refractivity contribution in [3.8, 4) is 0 Å². The van der Waals surface area contributed by atoms with Gasteiger partial charge in [0.05, 0.1) is 6.61 Å². The van der Waals surface area contributed by atoms with Crippen LogP contribution < -0.4 is 11.5 Å². The third-order valence-corrected chi connectivity index (χ3v) is 1.60. The normalized spacial score (nSPS) is 8.50. The molecular formula is C10H14N2O2S2. The van der Waals surface area contributed by atoms with Crippen LogP contribution in [0.15, 0.2) is 30.3 Å². The largest absolute Gasteiger partial charge is 0.487 e. The second kappa shape index (κ2) is 8.87. The lowest BCUT2D eigenvalue weighted by atomic mass is 10.2. The van der Waals surface area contributed by atoms with E-state index in [-0.39, 0.29) is 5.17 Å². The lowest BCUT2D eigenvalue weighted by Crippen LogP contribution is -2.14. The number of ether oxygens (including phenoxy) is 1. The van der Waals surface area contributed by atoms with E-state index in [0.717, 1.165) is 6.42 Å². The molecule has 0 aliphatic carbocycles. The highest BCUT2D eigenvalue weighted by atomic mass is 32.1. The molecule has 0 saturated carbocycles. The number of hydrogen-bond acceptors (Lipinski definition) is 3. The zero-order valence-corrected chi connectivity index (χ0v) is 10.3. The Kier molecular flexibility index (Phi) is 8.10. The zero-order valence-electron chi connectivity index (χ0n) is 8.63. The standard InChI is InChI=1S/C9H11NOS.CH3NOS/c10-9(12)11-7-6-8-4-2-1-3-5-8;2-1(3)4/h1-5H,6-7H2,(H2,10,12);(H3,2,3,4). The number of aliphatic hydroxyl groups is 1. The van der Waals surface area contributed by atoms with Crippen LogP contribution in [0.2, 0.25) is 0 Å². The van der Waals surface area contributed by atoms with Gasteiger partial charge in [-0.05, 0) is 30.0 Å². The lowest BCUT2D eigenvalue weighted by Gasteiger charge is -2.02. The number of nitrogens with two attached hydrogens (primary N) is 2. The van der Waals surface area contributed by atoms with Crippen LogP contribution in [0.3, 0.4) is 0 Å². The molecule has 0 aliphatic heterocycles. The fourth-order valence-electron chi connectivity index (χ4n) is 0.914. The first-order chi connectivity index (χ1) is 7.52. The molecule has 0 aromatic heterocycles.